The zero-order chi connectivity index (χ0) is 10.8. The van der Waals surface area contributed by atoms with Crippen LogP contribution in [0, 0.1) is 0 Å². The van der Waals surface area contributed by atoms with E-state index in [0.29, 0.717) is 0 Å². The number of hydrogen-bond donors (Lipinski definition) is 0. The molecule has 0 bridgehead atoms. The summed E-state index contributed by atoms with van der Waals surface area (Å²) >= 11 is -0.530. The molecular weight excluding hydrogens is 342 g/mol. The normalized spacial score (nSPS) is 15.0. The van der Waals surface area contributed by atoms with Gasteiger partial charge in [0, 0.05) is 0 Å². The van der Waals surface area contributed by atoms with Gasteiger partial charge in [0.2, 0.25) is 0 Å². The third-order valence-electron chi connectivity index (χ3n) is 2.90. The molecule has 2 aromatic rings. The third kappa shape index (κ3) is 3.35. The van der Waals surface area contributed by atoms with Gasteiger partial charge in [-0.15, -0.1) is 0 Å². The Morgan fingerprint density at radius 3 is 2.22 bits per heavy atom. The summed E-state index contributed by atoms with van der Waals surface area (Å²) in [4.78, 5) is 0. The number of fused-ring (bicyclic) bond motifs is 1. The maximum Gasteiger partial charge on any atom is -1.00 e. The van der Waals surface area contributed by atoms with Gasteiger partial charge >= 0.3 is 108 Å². The smallest absolute Gasteiger partial charge is 1.00 e. The topological polar surface area (TPSA) is 0 Å². The minimum atomic E-state index is -0.530. The molecule has 0 saturated heterocycles. The van der Waals surface area contributed by atoms with E-state index < -0.39 is 23.2 Å². The Morgan fingerprint density at radius 1 is 0.778 bits per heavy atom. The summed E-state index contributed by atoms with van der Waals surface area (Å²) in [6, 6.07) is 19.7. The van der Waals surface area contributed by atoms with Gasteiger partial charge in [-0.2, -0.15) is 0 Å². The van der Waals surface area contributed by atoms with E-state index in [9.17, 15) is 0 Å². The Bertz CT molecular complexity index is 523. The maximum absolute atomic E-state index is 2.39. The fraction of sp³-hybridized carbons (Fsp3) is 0.0667. The Kier molecular flexibility index (Phi) is 6.35. The van der Waals surface area contributed by atoms with Gasteiger partial charge in [-0.3, -0.25) is 0 Å². The van der Waals surface area contributed by atoms with E-state index in [1.165, 1.54) is 11.1 Å². The summed E-state index contributed by atoms with van der Waals surface area (Å²) in [6.45, 7) is 0. The van der Waals surface area contributed by atoms with E-state index in [1.54, 1.807) is 3.27 Å². The average Bonchev–Trinajstić information content (AvgIpc) is 2.74. The molecule has 1 unspecified atom stereocenters. The van der Waals surface area contributed by atoms with Crippen molar-refractivity contribution in [2.24, 2.45) is 0 Å². The predicted molar refractivity (Wildman–Crippen MR) is 64.3 cm³/mol. The van der Waals surface area contributed by atoms with Crippen molar-refractivity contribution < 1.29 is 48.0 Å². The summed E-state index contributed by atoms with van der Waals surface area (Å²) < 4.78 is 2.31. The second-order valence-electron chi connectivity index (χ2n) is 3.98. The molecule has 1 aliphatic rings. The van der Waals surface area contributed by atoms with Crippen molar-refractivity contribution >= 4 is 9.35 Å². The summed E-state index contributed by atoms with van der Waals surface area (Å²) in [6.07, 6.45) is 4.67. The first-order chi connectivity index (χ1) is 7.93. The van der Waals surface area contributed by atoms with Gasteiger partial charge in [0.1, 0.15) is 0 Å². The molecule has 90 valence electrons. The van der Waals surface area contributed by atoms with Crippen molar-refractivity contribution in [3.8, 4) is 0 Å². The molecule has 0 saturated carbocycles. The Morgan fingerprint density at radius 2 is 1.44 bits per heavy atom. The number of benzene rings is 2. The second-order valence-corrected chi connectivity index (χ2v) is 7.63. The molecule has 18 heavy (non-hydrogen) atoms. The van der Waals surface area contributed by atoms with Gasteiger partial charge in [-0.25, -0.2) is 0 Å². The van der Waals surface area contributed by atoms with Crippen molar-refractivity contribution in [2.75, 3.05) is 0 Å². The van der Waals surface area contributed by atoms with Gasteiger partial charge in [-0.05, 0) is 0 Å². The van der Waals surface area contributed by atoms with Crippen LogP contribution in [0.1, 0.15) is 14.8 Å². The monoisotopic (exact) mass is 352 g/mol. The van der Waals surface area contributed by atoms with E-state index >= 15 is 0 Å². The van der Waals surface area contributed by atoms with Crippen molar-refractivity contribution in [3.63, 3.8) is 0 Å². The van der Waals surface area contributed by atoms with Crippen LogP contribution in [-0.2, 0) is 23.2 Å². The zero-order valence-electron chi connectivity index (χ0n) is 9.68. The molecule has 0 heterocycles. The van der Waals surface area contributed by atoms with Gasteiger partial charge in [0.15, 0.2) is 0 Å². The molecule has 2 aromatic carbocycles. The first kappa shape index (κ1) is 15.7. The fourth-order valence-corrected chi connectivity index (χ4v) is 5.42. The molecule has 0 N–H and O–H groups in total. The van der Waals surface area contributed by atoms with Gasteiger partial charge in [-0.1, -0.05) is 0 Å². The number of allylic oxidation sites excluding steroid dienone is 1. The van der Waals surface area contributed by atoms with Crippen LogP contribution in [0.2, 0.25) is 0 Å². The van der Waals surface area contributed by atoms with Crippen LogP contribution in [0.5, 0.6) is 0 Å². The van der Waals surface area contributed by atoms with Gasteiger partial charge in [0.05, 0.1) is 0 Å². The van der Waals surface area contributed by atoms with E-state index in [2.05, 4.69) is 66.7 Å². The van der Waals surface area contributed by atoms with Crippen LogP contribution in [0.15, 0.2) is 60.7 Å². The van der Waals surface area contributed by atoms with Crippen LogP contribution in [0.4, 0.5) is 0 Å². The first-order valence-corrected chi connectivity index (χ1v) is 8.17. The van der Waals surface area contributed by atoms with E-state index in [4.69, 9.17) is 0 Å². The summed E-state index contributed by atoms with van der Waals surface area (Å²) in [7, 11) is 0. The van der Waals surface area contributed by atoms with E-state index in [0.717, 1.165) is 3.63 Å². The molecular formula is C15H12Cl2Zr. The summed E-state index contributed by atoms with van der Waals surface area (Å²) in [5.41, 5.74) is 2.96. The fourth-order valence-electron chi connectivity index (χ4n) is 2.09. The molecule has 0 aliphatic heterocycles. The molecule has 0 fully saturated rings. The quantitative estimate of drug-likeness (QED) is 0.546. The number of hydrogen-bond acceptors (Lipinski definition) is 0. The Labute approximate surface area is 132 Å². The minimum Gasteiger partial charge on any atom is -1.00 e. The summed E-state index contributed by atoms with van der Waals surface area (Å²) in [5.74, 6) is 0. The van der Waals surface area contributed by atoms with Crippen LogP contribution in [-0.4, -0.2) is 0 Å². The molecule has 0 nitrogen and oxygen atoms in total. The van der Waals surface area contributed by atoms with Crippen LogP contribution < -0.4 is 28.1 Å². The molecule has 0 spiro atoms. The molecule has 0 amide bonds. The van der Waals surface area contributed by atoms with Crippen LogP contribution in [0.25, 0.3) is 6.08 Å². The molecule has 1 atom stereocenters. The maximum atomic E-state index is 2.39. The van der Waals surface area contributed by atoms with Crippen molar-refractivity contribution in [1.29, 1.82) is 0 Å². The van der Waals surface area contributed by atoms with Crippen molar-refractivity contribution in [2.45, 2.75) is 3.63 Å². The van der Waals surface area contributed by atoms with Crippen LogP contribution >= 0.6 is 0 Å². The standard InChI is InChI=1S/C9H7.C6H5.2ClH.Zr/c1-2-5-9-7-3-6-8(9)4-1;1-2-4-6-5-3-1;;;/h1-7H;1-5H;2*1H;/q;;;;+2/p-2. The largest absolute Gasteiger partial charge is 1.00 e. The second kappa shape index (κ2) is 7.29. The predicted octanol–water partition coefficient (Wildman–Crippen LogP) is -2.83. The first-order valence-electron chi connectivity index (χ1n) is 5.52. The zero-order valence-corrected chi connectivity index (χ0v) is 13.7. The third-order valence-corrected chi connectivity index (χ3v) is 6.54. The van der Waals surface area contributed by atoms with E-state index in [-0.39, 0.29) is 24.8 Å². The average molecular weight is 354 g/mol. The van der Waals surface area contributed by atoms with Crippen molar-refractivity contribution in [3.05, 3.63) is 71.8 Å². The van der Waals surface area contributed by atoms with Crippen molar-refractivity contribution in [1.82, 2.24) is 0 Å². The molecule has 3 heteroatoms. The number of halogens is 2. The molecule has 0 aromatic heterocycles. The van der Waals surface area contributed by atoms with Gasteiger partial charge in [0.25, 0.3) is 0 Å². The molecule has 0 radical (unpaired) electrons. The Hall–Kier alpha value is -0.357. The van der Waals surface area contributed by atoms with Crippen LogP contribution in [0.3, 0.4) is 0 Å². The molecule has 3 rings (SSSR count). The summed E-state index contributed by atoms with van der Waals surface area (Å²) in [5, 5.41) is 0. The van der Waals surface area contributed by atoms with E-state index in [1.807, 2.05) is 0 Å². The number of rotatable bonds is 2. The molecule has 1 aliphatic carbocycles. The van der Waals surface area contributed by atoms with Gasteiger partial charge < -0.3 is 24.8 Å². The SMILES string of the molecule is C1=C[CH]([Zr+2][c]2ccccc2)c2ccccc21.[Cl-].[Cl-]. The minimum absolute atomic E-state index is 0. The Balaban J connectivity index is 0.000000810.